The van der Waals surface area contributed by atoms with E-state index in [9.17, 15) is 4.79 Å². The molecule has 78 valence electrons. The highest BCUT2D eigenvalue weighted by molar-refractivity contribution is 5.46. The van der Waals surface area contributed by atoms with Crippen LogP contribution < -0.4 is 10.6 Å². The molecule has 0 aromatic heterocycles. The minimum Gasteiger partial charge on any atom is -0.342 e. The van der Waals surface area contributed by atoms with Crippen molar-refractivity contribution in [2.24, 2.45) is 0 Å². The van der Waals surface area contributed by atoms with Gasteiger partial charge in [-0.15, -0.1) is 0 Å². The molecule has 0 saturated carbocycles. The summed E-state index contributed by atoms with van der Waals surface area (Å²) in [5.74, 6) is 0. The van der Waals surface area contributed by atoms with Gasteiger partial charge >= 0.3 is 0 Å². The first kappa shape index (κ1) is 12.4. The summed E-state index contributed by atoms with van der Waals surface area (Å²) in [7, 11) is 0. The zero-order valence-electron chi connectivity index (χ0n) is 8.84. The summed E-state index contributed by atoms with van der Waals surface area (Å²) in [5.41, 5.74) is 0. The van der Waals surface area contributed by atoms with E-state index in [0.29, 0.717) is 0 Å². The predicted octanol–water partition coefficient (Wildman–Crippen LogP) is 0.00980. The maximum Gasteiger partial charge on any atom is 0.208 e. The molecule has 0 aliphatic heterocycles. The monoisotopic (exact) mass is 187 g/mol. The highest BCUT2D eigenvalue weighted by atomic mass is 16.1. The summed E-state index contributed by atoms with van der Waals surface area (Å²) in [6.07, 6.45) is 0.882. The minimum atomic E-state index is 0.118. The van der Waals surface area contributed by atoms with Crippen LogP contribution in [0.1, 0.15) is 20.8 Å². The van der Waals surface area contributed by atoms with Gasteiger partial charge in [0, 0.05) is 6.54 Å². The molecule has 0 fully saturated rings. The summed E-state index contributed by atoms with van der Waals surface area (Å²) in [6.45, 7) is 9.88. The average molecular weight is 187 g/mol. The number of carbonyl (C=O) groups is 1. The van der Waals surface area contributed by atoms with E-state index >= 15 is 0 Å². The van der Waals surface area contributed by atoms with Crippen LogP contribution in [0.4, 0.5) is 0 Å². The molecule has 0 saturated heterocycles. The van der Waals surface area contributed by atoms with Gasteiger partial charge < -0.3 is 10.6 Å². The molecule has 0 spiro atoms. The van der Waals surface area contributed by atoms with Gasteiger partial charge in [-0.1, -0.05) is 20.8 Å². The number of hydrogen-bond donors (Lipinski definition) is 2. The van der Waals surface area contributed by atoms with Gasteiger partial charge in [0.15, 0.2) is 0 Å². The second kappa shape index (κ2) is 8.01. The molecule has 0 aliphatic rings. The van der Waals surface area contributed by atoms with Crippen LogP contribution in [-0.2, 0) is 4.79 Å². The summed E-state index contributed by atoms with van der Waals surface area (Å²) < 4.78 is 0. The van der Waals surface area contributed by atoms with Gasteiger partial charge in [-0.2, -0.15) is 0 Å². The molecule has 0 aromatic carbocycles. The molecule has 0 rings (SSSR count). The smallest absolute Gasteiger partial charge is 0.208 e. The Morgan fingerprint density at radius 3 is 2.31 bits per heavy atom. The van der Waals surface area contributed by atoms with Crippen molar-refractivity contribution in [3.63, 3.8) is 0 Å². The molecule has 0 heterocycles. The van der Waals surface area contributed by atoms with Gasteiger partial charge in [0.1, 0.15) is 0 Å². The van der Waals surface area contributed by atoms with Crippen LogP contribution in [0.5, 0.6) is 0 Å². The summed E-state index contributed by atoms with van der Waals surface area (Å²) in [5, 5.41) is 6.02. The Bertz CT molecular complexity index is 126. The molecule has 0 aliphatic carbocycles. The van der Waals surface area contributed by atoms with Crippen LogP contribution in [0.25, 0.3) is 0 Å². The molecule has 1 amide bonds. The first-order chi connectivity index (χ1) is 6.29. The lowest BCUT2D eigenvalue weighted by Crippen LogP contribution is -2.50. The van der Waals surface area contributed by atoms with Crippen LogP contribution in [0.15, 0.2) is 0 Å². The molecular formula is C9H21N3O. The van der Waals surface area contributed by atoms with Gasteiger partial charge in [-0.25, -0.2) is 0 Å². The normalized spacial score (nSPS) is 12.9. The molecule has 2 N–H and O–H groups in total. The van der Waals surface area contributed by atoms with Gasteiger partial charge in [0.25, 0.3) is 0 Å². The third-order valence-corrected chi connectivity index (χ3v) is 2.10. The second-order valence-corrected chi connectivity index (χ2v) is 2.83. The fourth-order valence-electron chi connectivity index (χ4n) is 1.32. The molecule has 13 heavy (non-hydrogen) atoms. The van der Waals surface area contributed by atoms with E-state index in [0.717, 1.165) is 32.6 Å². The van der Waals surface area contributed by atoms with Crippen molar-refractivity contribution in [2.45, 2.75) is 26.9 Å². The zero-order chi connectivity index (χ0) is 10.1. The Morgan fingerprint density at radius 2 is 1.92 bits per heavy atom. The van der Waals surface area contributed by atoms with Crippen molar-refractivity contribution in [2.75, 3.05) is 26.2 Å². The van der Waals surface area contributed by atoms with E-state index in [-0.39, 0.29) is 6.17 Å². The van der Waals surface area contributed by atoms with E-state index in [4.69, 9.17) is 0 Å². The van der Waals surface area contributed by atoms with Crippen molar-refractivity contribution in [1.29, 1.82) is 0 Å². The summed E-state index contributed by atoms with van der Waals surface area (Å²) in [4.78, 5) is 12.6. The lowest BCUT2D eigenvalue weighted by Gasteiger charge is -2.29. The van der Waals surface area contributed by atoms with Crippen LogP contribution >= 0.6 is 0 Å². The number of hydrogen-bond acceptors (Lipinski definition) is 3. The molecular weight excluding hydrogens is 166 g/mol. The largest absolute Gasteiger partial charge is 0.342 e. The van der Waals surface area contributed by atoms with E-state index in [1.54, 1.807) is 0 Å². The van der Waals surface area contributed by atoms with Crippen molar-refractivity contribution >= 4 is 6.41 Å². The van der Waals surface area contributed by atoms with Crippen LogP contribution in [0.2, 0.25) is 0 Å². The van der Waals surface area contributed by atoms with Crippen molar-refractivity contribution in [3.8, 4) is 0 Å². The molecule has 1 atom stereocenters. The Kier molecular flexibility index (Phi) is 7.63. The number of likely N-dealkylation sites (N-methyl/N-ethyl adjacent to an activating group) is 2. The van der Waals surface area contributed by atoms with Gasteiger partial charge in [-0.3, -0.25) is 9.69 Å². The number of amides is 1. The van der Waals surface area contributed by atoms with Crippen LogP contribution in [0, 0.1) is 0 Å². The van der Waals surface area contributed by atoms with Gasteiger partial charge in [-0.05, 0) is 19.6 Å². The van der Waals surface area contributed by atoms with Gasteiger partial charge in [0.2, 0.25) is 6.41 Å². The number of nitrogens with one attached hydrogen (secondary N) is 2. The Balaban J connectivity index is 3.95. The number of carbonyl (C=O) groups excluding carboxylic acids is 1. The zero-order valence-corrected chi connectivity index (χ0v) is 8.84. The molecule has 4 nitrogen and oxygen atoms in total. The van der Waals surface area contributed by atoms with E-state index in [1.807, 2.05) is 0 Å². The second-order valence-electron chi connectivity index (χ2n) is 2.83. The standard InChI is InChI=1S/C9H21N3O/c1-4-10-7-9(11-8-13)12(5-2)6-3/h8-10H,4-7H2,1-3H3,(H,11,13). The molecule has 0 radical (unpaired) electrons. The quantitative estimate of drug-likeness (QED) is 0.415. The fourth-order valence-corrected chi connectivity index (χ4v) is 1.32. The van der Waals surface area contributed by atoms with E-state index in [2.05, 4.69) is 36.3 Å². The van der Waals surface area contributed by atoms with Crippen LogP contribution in [-0.4, -0.2) is 43.7 Å². The third kappa shape index (κ3) is 4.85. The van der Waals surface area contributed by atoms with E-state index < -0.39 is 0 Å². The van der Waals surface area contributed by atoms with Crippen LogP contribution in [0.3, 0.4) is 0 Å². The SMILES string of the molecule is CCNCC(NC=O)N(CC)CC. The fraction of sp³-hybridized carbons (Fsp3) is 0.889. The molecule has 4 heteroatoms. The summed E-state index contributed by atoms with van der Waals surface area (Å²) >= 11 is 0. The highest BCUT2D eigenvalue weighted by Crippen LogP contribution is 1.93. The number of nitrogens with zero attached hydrogens (tertiary/aromatic N) is 1. The maximum atomic E-state index is 10.3. The first-order valence-corrected chi connectivity index (χ1v) is 4.94. The molecule has 0 aromatic rings. The van der Waals surface area contributed by atoms with Crippen molar-refractivity contribution in [1.82, 2.24) is 15.5 Å². The predicted molar refractivity (Wildman–Crippen MR) is 54.5 cm³/mol. The summed E-state index contributed by atoms with van der Waals surface area (Å²) in [6, 6.07) is 0. The molecule has 0 bridgehead atoms. The lowest BCUT2D eigenvalue weighted by molar-refractivity contribution is -0.111. The average Bonchev–Trinajstić information content (AvgIpc) is 2.16. The highest BCUT2D eigenvalue weighted by Gasteiger charge is 2.12. The third-order valence-electron chi connectivity index (χ3n) is 2.10. The Labute approximate surface area is 80.7 Å². The van der Waals surface area contributed by atoms with Crippen molar-refractivity contribution < 1.29 is 4.79 Å². The van der Waals surface area contributed by atoms with E-state index in [1.165, 1.54) is 0 Å². The minimum absolute atomic E-state index is 0.118. The molecule has 1 unspecified atom stereocenters. The lowest BCUT2D eigenvalue weighted by atomic mass is 10.3. The Hall–Kier alpha value is -0.610. The number of rotatable bonds is 8. The maximum absolute atomic E-state index is 10.3. The Morgan fingerprint density at radius 1 is 1.31 bits per heavy atom. The van der Waals surface area contributed by atoms with Gasteiger partial charge in [0.05, 0.1) is 6.17 Å². The topological polar surface area (TPSA) is 44.4 Å². The van der Waals surface area contributed by atoms with Crippen molar-refractivity contribution in [3.05, 3.63) is 0 Å². The first-order valence-electron chi connectivity index (χ1n) is 4.94.